The molecule has 0 aromatic heterocycles. The van der Waals surface area contributed by atoms with Crippen molar-refractivity contribution >= 4 is 12.0 Å². The number of carbonyl (C=O) groups is 1. The molecule has 0 atom stereocenters. The van der Waals surface area contributed by atoms with Gasteiger partial charge in [0, 0.05) is 18.7 Å². The number of amides is 1. The van der Waals surface area contributed by atoms with Gasteiger partial charge in [-0.2, -0.15) is 0 Å². The molecule has 0 radical (unpaired) electrons. The average Bonchev–Trinajstić information content (AvgIpc) is 2.85. The van der Waals surface area contributed by atoms with Gasteiger partial charge in [-0.3, -0.25) is 4.79 Å². The molecule has 1 amide bonds. The Morgan fingerprint density at radius 2 is 1.52 bits per heavy atom. The van der Waals surface area contributed by atoms with E-state index in [2.05, 4.69) is 43.9 Å². The molecule has 0 heterocycles. The van der Waals surface area contributed by atoms with Crippen molar-refractivity contribution < 1.29 is 19.0 Å². The molecule has 2 rings (SSSR count). The van der Waals surface area contributed by atoms with Gasteiger partial charge in [-0.25, -0.2) is 0 Å². The standard InChI is InChI=1S/C27H38N2O4/c1-7-28(8-2)15-12-16-29(20-21(3)17-22-13-10-9-11-14-22)27(30)23-18-24(31-4)26(33-6)25(19-23)32-5/h9-11,13-14,17-19H,7-8,12,15-16,20H2,1-6H3/b21-17+. The van der Waals surface area contributed by atoms with Crippen molar-refractivity contribution in [2.45, 2.75) is 27.2 Å². The second-order valence-electron chi connectivity index (χ2n) is 7.92. The zero-order chi connectivity index (χ0) is 24.2. The van der Waals surface area contributed by atoms with Crippen LogP contribution in [0.15, 0.2) is 48.0 Å². The number of rotatable bonds is 13. The van der Waals surface area contributed by atoms with E-state index in [-0.39, 0.29) is 5.91 Å². The van der Waals surface area contributed by atoms with Crippen LogP contribution >= 0.6 is 0 Å². The van der Waals surface area contributed by atoms with Gasteiger partial charge in [0.05, 0.1) is 21.3 Å². The summed E-state index contributed by atoms with van der Waals surface area (Å²) in [5, 5.41) is 0. The Hall–Kier alpha value is -2.99. The summed E-state index contributed by atoms with van der Waals surface area (Å²) in [4.78, 5) is 17.9. The van der Waals surface area contributed by atoms with Gasteiger partial charge in [0.25, 0.3) is 5.91 Å². The number of nitrogens with zero attached hydrogens (tertiary/aromatic N) is 2. The molecule has 0 spiro atoms. The lowest BCUT2D eigenvalue weighted by atomic mass is 10.1. The molecule has 2 aromatic carbocycles. The lowest BCUT2D eigenvalue weighted by molar-refractivity contribution is 0.0762. The maximum absolute atomic E-state index is 13.6. The maximum Gasteiger partial charge on any atom is 0.254 e. The Morgan fingerprint density at radius 3 is 2.03 bits per heavy atom. The van der Waals surface area contributed by atoms with E-state index in [1.54, 1.807) is 33.5 Å². The fourth-order valence-electron chi connectivity index (χ4n) is 3.85. The summed E-state index contributed by atoms with van der Waals surface area (Å²) in [6.45, 7) is 10.5. The predicted octanol–water partition coefficient (Wildman–Crippen LogP) is 4.99. The van der Waals surface area contributed by atoms with E-state index in [0.717, 1.165) is 37.2 Å². The first-order valence-electron chi connectivity index (χ1n) is 11.5. The number of methoxy groups -OCH3 is 3. The van der Waals surface area contributed by atoms with E-state index >= 15 is 0 Å². The Bertz CT molecular complexity index is 883. The van der Waals surface area contributed by atoms with Crippen LogP contribution in [-0.2, 0) is 0 Å². The van der Waals surface area contributed by atoms with E-state index in [4.69, 9.17) is 14.2 Å². The highest BCUT2D eigenvalue weighted by atomic mass is 16.5. The van der Waals surface area contributed by atoms with Gasteiger partial charge in [0.2, 0.25) is 5.75 Å². The smallest absolute Gasteiger partial charge is 0.254 e. The van der Waals surface area contributed by atoms with Crippen LogP contribution in [0.5, 0.6) is 17.2 Å². The number of hydrogen-bond acceptors (Lipinski definition) is 5. The molecule has 0 saturated carbocycles. The van der Waals surface area contributed by atoms with Crippen LogP contribution in [0.25, 0.3) is 6.08 Å². The summed E-state index contributed by atoms with van der Waals surface area (Å²) in [5.41, 5.74) is 2.75. The first-order valence-corrected chi connectivity index (χ1v) is 11.5. The van der Waals surface area contributed by atoms with Crippen LogP contribution in [0.1, 0.15) is 43.1 Å². The van der Waals surface area contributed by atoms with Crippen LogP contribution < -0.4 is 14.2 Å². The minimum absolute atomic E-state index is 0.0605. The third-order valence-corrected chi connectivity index (χ3v) is 5.65. The molecule has 180 valence electrons. The first kappa shape index (κ1) is 26.3. The largest absolute Gasteiger partial charge is 0.493 e. The van der Waals surface area contributed by atoms with E-state index in [9.17, 15) is 4.79 Å². The van der Waals surface area contributed by atoms with Gasteiger partial charge in [0.1, 0.15) is 0 Å². The molecule has 0 aliphatic rings. The predicted molar refractivity (Wildman–Crippen MR) is 134 cm³/mol. The van der Waals surface area contributed by atoms with E-state index < -0.39 is 0 Å². The SMILES string of the molecule is CCN(CC)CCCN(C/C(C)=C/c1ccccc1)C(=O)c1cc(OC)c(OC)c(OC)c1. The fraction of sp³-hybridized carbons (Fsp3) is 0.444. The van der Waals surface area contributed by atoms with Crippen molar-refractivity contribution in [3.05, 3.63) is 59.2 Å². The normalized spacial score (nSPS) is 11.4. The van der Waals surface area contributed by atoms with Gasteiger partial charge >= 0.3 is 0 Å². The van der Waals surface area contributed by atoms with Crippen molar-refractivity contribution in [3.8, 4) is 17.2 Å². The van der Waals surface area contributed by atoms with Crippen LogP contribution in [0.4, 0.5) is 0 Å². The molecule has 6 heteroatoms. The van der Waals surface area contributed by atoms with E-state index in [1.807, 2.05) is 23.1 Å². The molecule has 33 heavy (non-hydrogen) atoms. The highest BCUT2D eigenvalue weighted by molar-refractivity contribution is 5.96. The van der Waals surface area contributed by atoms with Gasteiger partial charge in [-0.05, 0) is 50.7 Å². The van der Waals surface area contributed by atoms with E-state index in [1.165, 1.54) is 0 Å². The van der Waals surface area contributed by atoms with Crippen LogP contribution in [0.3, 0.4) is 0 Å². The Balaban J connectivity index is 2.31. The van der Waals surface area contributed by atoms with Crippen molar-refractivity contribution in [2.24, 2.45) is 0 Å². The molecule has 0 N–H and O–H groups in total. The van der Waals surface area contributed by atoms with Gasteiger partial charge < -0.3 is 24.0 Å². The topological polar surface area (TPSA) is 51.2 Å². The molecular formula is C27H38N2O4. The number of benzene rings is 2. The molecule has 2 aromatic rings. The number of ether oxygens (including phenoxy) is 3. The molecule has 6 nitrogen and oxygen atoms in total. The molecule has 0 unspecified atom stereocenters. The average molecular weight is 455 g/mol. The molecule has 0 saturated heterocycles. The second-order valence-corrected chi connectivity index (χ2v) is 7.92. The highest BCUT2D eigenvalue weighted by Crippen LogP contribution is 2.38. The fourth-order valence-corrected chi connectivity index (χ4v) is 3.85. The van der Waals surface area contributed by atoms with Crippen molar-refractivity contribution in [3.63, 3.8) is 0 Å². The lowest BCUT2D eigenvalue weighted by Gasteiger charge is -2.26. The Labute approximate surface area is 198 Å². The Morgan fingerprint density at radius 1 is 0.909 bits per heavy atom. The van der Waals surface area contributed by atoms with Gasteiger partial charge in [-0.15, -0.1) is 0 Å². The summed E-state index contributed by atoms with van der Waals surface area (Å²) < 4.78 is 16.3. The highest BCUT2D eigenvalue weighted by Gasteiger charge is 2.21. The molecular weight excluding hydrogens is 416 g/mol. The maximum atomic E-state index is 13.6. The summed E-state index contributed by atoms with van der Waals surface area (Å²) >= 11 is 0. The zero-order valence-corrected chi connectivity index (χ0v) is 20.9. The van der Waals surface area contributed by atoms with Crippen molar-refractivity contribution in [2.75, 3.05) is 54.1 Å². The summed E-state index contributed by atoms with van der Waals surface area (Å²) in [6.07, 6.45) is 3.02. The summed E-state index contributed by atoms with van der Waals surface area (Å²) in [7, 11) is 4.67. The van der Waals surface area contributed by atoms with Gasteiger partial charge in [0.15, 0.2) is 11.5 Å². The quantitative estimate of drug-likeness (QED) is 0.427. The minimum atomic E-state index is -0.0605. The number of hydrogen-bond donors (Lipinski definition) is 0. The minimum Gasteiger partial charge on any atom is -0.493 e. The lowest BCUT2D eigenvalue weighted by Crippen LogP contribution is -2.35. The van der Waals surface area contributed by atoms with Crippen LogP contribution in [0.2, 0.25) is 0 Å². The summed E-state index contributed by atoms with van der Waals surface area (Å²) in [6, 6.07) is 13.6. The van der Waals surface area contributed by atoms with Crippen LogP contribution in [0, 0.1) is 0 Å². The van der Waals surface area contributed by atoms with Crippen molar-refractivity contribution in [1.29, 1.82) is 0 Å². The van der Waals surface area contributed by atoms with E-state index in [0.29, 0.717) is 35.9 Å². The number of carbonyl (C=O) groups excluding carboxylic acids is 1. The zero-order valence-electron chi connectivity index (χ0n) is 20.9. The Kier molecular flexibility index (Phi) is 10.8. The third-order valence-electron chi connectivity index (χ3n) is 5.65. The first-order chi connectivity index (χ1) is 16.0. The van der Waals surface area contributed by atoms with Crippen molar-refractivity contribution in [1.82, 2.24) is 9.80 Å². The second kappa shape index (κ2) is 13.5. The third kappa shape index (κ3) is 7.53. The van der Waals surface area contributed by atoms with Gasteiger partial charge in [-0.1, -0.05) is 55.8 Å². The molecule has 0 aliphatic carbocycles. The molecule has 0 aliphatic heterocycles. The summed E-state index contributed by atoms with van der Waals surface area (Å²) in [5.74, 6) is 1.36. The monoisotopic (exact) mass is 454 g/mol. The molecule has 0 fully saturated rings. The molecule has 0 bridgehead atoms. The van der Waals surface area contributed by atoms with Crippen LogP contribution in [-0.4, -0.2) is 69.8 Å².